The smallest absolute Gasteiger partial charge is 0.336 e. The lowest BCUT2D eigenvalue weighted by Gasteiger charge is -2.26. The van der Waals surface area contributed by atoms with E-state index in [1.165, 1.54) is 13.0 Å². The Balaban J connectivity index is 2.19. The van der Waals surface area contributed by atoms with Gasteiger partial charge in [0.1, 0.15) is 5.75 Å². The Labute approximate surface area is 108 Å². The van der Waals surface area contributed by atoms with Gasteiger partial charge in [-0.05, 0) is 18.2 Å². The second-order valence-corrected chi connectivity index (χ2v) is 4.09. The van der Waals surface area contributed by atoms with Crippen molar-refractivity contribution in [2.45, 2.75) is 13.2 Å². The number of hydrogen-bond donors (Lipinski definition) is 0. The first-order chi connectivity index (χ1) is 9.15. The molecule has 5 nitrogen and oxygen atoms in total. The van der Waals surface area contributed by atoms with Gasteiger partial charge in [0, 0.05) is 13.0 Å². The van der Waals surface area contributed by atoms with E-state index in [1.54, 1.807) is 24.3 Å². The third-order valence-corrected chi connectivity index (χ3v) is 2.76. The number of para-hydroxylation sites is 1. The van der Waals surface area contributed by atoms with Crippen molar-refractivity contribution in [2.24, 2.45) is 0 Å². The number of benzene rings is 1. The highest BCUT2D eigenvalue weighted by atomic mass is 16.7. The van der Waals surface area contributed by atoms with Crippen LogP contribution in [0.1, 0.15) is 18.8 Å². The van der Waals surface area contributed by atoms with Gasteiger partial charge in [0.2, 0.25) is 0 Å². The standard InChI is InChI=1S/C14H10O5/c1-8(15)17-14-10-6-7-12(16)19-13(10)9-4-2-3-5-11(9)18-14/h2-7,14H,1H3. The van der Waals surface area contributed by atoms with Crippen molar-refractivity contribution in [3.63, 3.8) is 0 Å². The monoisotopic (exact) mass is 258 g/mol. The van der Waals surface area contributed by atoms with Crippen LogP contribution >= 0.6 is 0 Å². The summed E-state index contributed by atoms with van der Waals surface area (Å²) in [6.07, 6.45) is -0.897. The Hall–Kier alpha value is -2.56. The summed E-state index contributed by atoms with van der Waals surface area (Å²) >= 11 is 0. The highest BCUT2D eigenvalue weighted by Gasteiger charge is 2.30. The zero-order valence-corrected chi connectivity index (χ0v) is 10.1. The van der Waals surface area contributed by atoms with Crippen molar-refractivity contribution in [3.8, 4) is 17.1 Å². The summed E-state index contributed by atoms with van der Waals surface area (Å²) < 4.78 is 15.9. The van der Waals surface area contributed by atoms with E-state index in [4.69, 9.17) is 13.9 Å². The van der Waals surface area contributed by atoms with Crippen LogP contribution in [0.4, 0.5) is 0 Å². The van der Waals surface area contributed by atoms with Crippen LogP contribution in [-0.4, -0.2) is 5.97 Å². The number of hydrogen-bond acceptors (Lipinski definition) is 5. The fraction of sp³-hybridized carbons (Fsp3) is 0.143. The number of carbonyl (C=O) groups excluding carboxylic acids is 1. The fourth-order valence-electron chi connectivity index (χ4n) is 2.00. The SMILES string of the molecule is CC(=O)OC1Oc2ccccc2-c2oc(=O)ccc21. The third-order valence-electron chi connectivity index (χ3n) is 2.76. The average Bonchev–Trinajstić information content (AvgIpc) is 2.38. The Morgan fingerprint density at radius 2 is 2.00 bits per heavy atom. The van der Waals surface area contributed by atoms with Crippen LogP contribution < -0.4 is 10.4 Å². The van der Waals surface area contributed by atoms with Crippen molar-refractivity contribution >= 4 is 5.97 Å². The molecule has 1 atom stereocenters. The Morgan fingerprint density at radius 3 is 2.79 bits per heavy atom. The van der Waals surface area contributed by atoms with Gasteiger partial charge >= 0.3 is 11.6 Å². The first-order valence-corrected chi connectivity index (χ1v) is 5.72. The number of carbonyl (C=O) groups is 1. The predicted molar refractivity (Wildman–Crippen MR) is 65.5 cm³/mol. The molecule has 0 radical (unpaired) electrons. The molecular formula is C14H10O5. The largest absolute Gasteiger partial charge is 0.450 e. The molecule has 96 valence electrons. The highest BCUT2D eigenvalue weighted by Crippen LogP contribution is 2.41. The van der Waals surface area contributed by atoms with Crippen molar-refractivity contribution < 1.29 is 18.7 Å². The first kappa shape index (κ1) is 11.5. The molecule has 1 aliphatic rings. The number of rotatable bonds is 1. The van der Waals surface area contributed by atoms with Crippen molar-refractivity contribution in [1.29, 1.82) is 0 Å². The molecule has 0 N–H and O–H groups in total. The number of fused-ring (bicyclic) bond motifs is 3. The van der Waals surface area contributed by atoms with Crippen molar-refractivity contribution in [2.75, 3.05) is 0 Å². The van der Waals surface area contributed by atoms with E-state index >= 15 is 0 Å². The van der Waals surface area contributed by atoms with E-state index in [1.807, 2.05) is 6.07 Å². The van der Waals surface area contributed by atoms with Gasteiger partial charge in [0.15, 0.2) is 5.76 Å². The molecule has 0 saturated carbocycles. The number of esters is 1. The Bertz CT molecular complexity index is 701. The topological polar surface area (TPSA) is 65.7 Å². The molecule has 0 saturated heterocycles. The van der Waals surface area contributed by atoms with E-state index in [0.717, 1.165) is 0 Å². The predicted octanol–water partition coefficient (Wildman–Crippen LogP) is 2.26. The van der Waals surface area contributed by atoms with E-state index in [0.29, 0.717) is 22.6 Å². The lowest BCUT2D eigenvalue weighted by molar-refractivity contribution is -0.162. The average molecular weight is 258 g/mol. The van der Waals surface area contributed by atoms with E-state index in [-0.39, 0.29) is 0 Å². The molecule has 2 aromatic rings. The molecule has 0 amide bonds. The van der Waals surface area contributed by atoms with Crippen LogP contribution in [0.2, 0.25) is 0 Å². The summed E-state index contributed by atoms with van der Waals surface area (Å²) in [4.78, 5) is 22.5. The van der Waals surface area contributed by atoms with Gasteiger partial charge in [-0.25, -0.2) is 4.79 Å². The van der Waals surface area contributed by atoms with Gasteiger partial charge in [-0.2, -0.15) is 0 Å². The van der Waals surface area contributed by atoms with Gasteiger partial charge in [-0.3, -0.25) is 4.79 Å². The molecule has 1 aromatic heterocycles. The lowest BCUT2D eigenvalue weighted by Crippen LogP contribution is -2.20. The summed E-state index contributed by atoms with van der Waals surface area (Å²) in [5, 5.41) is 0. The summed E-state index contributed by atoms with van der Waals surface area (Å²) in [5.74, 6) is 0.415. The summed E-state index contributed by atoms with van der Waals surface area (Å²) in [6, 6.07) is 9.92. The quantitative estimate of drug-likeness (QED) is 0.734. The minimum atomic E-state index is -0.897. The molecule has 1 aliphatic heterocycles. The van der Waals surface area contributed by atoms with E-state index in [2.05, 4.69) is 0 Å². The van der Waals surface area contributed by atoms with Gasteiger partial charge in [-0.15, -0.1) is 0 Å². The van der Waals surface area contributed by atoms with Crippen LogP contribution in [0.5, 0.6) is 5.75 Å². The summed E-state index contributed by atoms with van der Waals surface area (Å²) in [6.45, 7) is 1.29. The minimum absolute atomic E-state index is 0.376. The molecule has 0 fully saturated rings. The molecule has 0 aliphatic carbocycles. The van der Waals surface area contributed by atoms with Gasteiger partial charge < -0.3 is 13.9 Å². The second kappa shape index (κ2) is 4.28. The molecular weight excluding hydrogens is 248 g/mol. The van der Waals surface area contributed by atoms with Gasteiger partial charge in [-0.1, -0.05) is 12.1 Å². The molecule has 1 aromatic carbocycles. The van der Waals surface area contributed by atoms with Gasteiger partial charge in [0.05, 0.1) is 11.1 Å². The maximum atomic E-state index is 11.4. The zero-order valence-electron chi connectivity index (χ0n) is 10.1. The van der Waals surface area contributed by atoms with Gasteiger partial charge in [0.25, 0.3) is 6.29 Å². The normalized spacial score (nSPS) is 15.9. The summed E-state index contributed by atoms with van der Waals surface area (Å²) in [7, 11) is 0. The first-order valence-electron chi connectivity index (χ1n) is 5.72. The maximum Gasteiger partial charge on any atom is 0.336 e. The lowest BCUT2D eigenvalue weighted by atomic mass is 10.0. The Kier molecular flexibility index (Phi) is 2.59. The van der Waals surface area contributed by atoms with Crippen LogP contribution in [-0.2, 0) is 9.53 Å². The van der Waals surface area contributed by atoms with Crippen LogP contribution in [0, 0.1) is 0 Å². The molecule has 3 rings (SSSR count). The minimum Gasteiger partial charge on any atom is -0.450 e. The zero-order chi connectivity index (χ0) is 13.4. The van der Waals surface area contributed by atoms with Crippen LogP contribution in [0.25, 0.3) is 11.3 Å². The van der Waals surface area contributed by atoms with Crippen molar-refractivity contribution in [3.05, 3.63) is 52.4 Å². The Morgan fingerprint density at radius 1 is 1.21 bits per heavy atom. The van der Waals surface area contributed by atoms with Crippen molar-refractivity contribution in [1.82, 2.24) is 0 Å². The van der Waals surface area contributed by atoms with E-state index < -0.39 is 17.9 Å². The van der Waals surface area contributed by atoms with E-state index in [9.17, 15) is 9.59 Å². The number of ether oxygens (including phenoxy) is 2. The molecule has 5 heteroatoms. The summed E-state index contributed by atoms with van der Waals surface area (Å²) in [5.41, 5.74) is 0.726. The second-order valence-electron chi connectivity index (χ2n) is 4.09. The molecule has 2 heterocycles. The van der Waals surface area contributed by atoms with Crippen LogP contribution in [0.3, 0.4) is 0 Å². The molecule has 0 spiro atoms. The highest BCUT2D eigenvalue weighted by molar-refractivity contribution is 5.72. The third kappa shape index (κ3) is 1.99. The molecule has 0 bridgehead atoms. The molecule has 19 heavy (non-hydrogen) atoms. The maximum absolute atomic E-state index is 11.4. The fourth-order valence-corrected chi connectivity index (χ4v) is 2.00. The molecule has 1 unspecified atom stereocenters. The van der Waals surface area contributed by atoms with Crippen LogP contribution in [0.15, 0.2) is 45.6 Å².